The molecular formula is C22H15NO5. The summed E-state index contributed by atoms with van der Waals surface area (Å²) in [6.07, 6.45) is 2.98. The number of carbonyl (C=O) groups is 2. The lowest BCUT2D eigenvalue weighted by atomic mass is 10.1. The van der Waals surface area contributed by atoms with Crippen LogP contribution in [-0.2, 0) is 9.53 Å². The van der Waals surface area contributed by atoms with Crippen LogP contribution < -0.4 is 4.74 Å². The van der Waals surface area contributed by atoms with E-state index in [1.807, 2.05) is 19.1 Å². The van der Waals surface area contributed by atoms with Crippen LogP contribution in [0.1, 0.15) is 27.2 Å². The first-order valence-corrected chi connectivity index (χ1v) is 8.54. The van der Waals surface area contributed by atoms with Crippen LogP contribution in [0.5, 0.6) is 5.75 Å². The molecule has 1 aliphatic rings. The zero-order chi connectivity index (χ0) is 19.5. The first-order valence-electron chi connectivity index (χ1n) is 8.54. The van der Waals surface area contributed by atoms with Gasteiger partial charge in [-0.3, -0.25) is 0 Å². The molecule has 3 aromatic rings. The number of para-hydroxylation sites is 1. The molecule has 0 saturated heterocycles. The van der Waals surface area contributed by atoms with Crippen LogP contribution in [0, 0.1) is 6.92 Å². The molecule has 0 aliphatic carbocycles. The molecule has 2 heterocycles. The lowest BCUT2D eigenvalue weighted by molar-refractivity contribution is -0.130. The van der Waals surface area contributed by atoms with Crippen molar-refractivity contribution in [1.29, 1.82) is 0 Å². The predicted molar refractivity (Wildman–Crippen MR) is 102 cm³/mol. The Morgan fingerprint density at radius 2 is 1.82 bits per heavy atom. The van der Waals surface area contributed by atoms with Crippen LogP contribution in [-0.4, -0.2) is 17.8 Å². The Labute approximate surface area is 160 Å². The molecule has 0 unspecified atom stereocenters. The van der Waals surface area contributed by atoms with Crippen molar-refractivity contribution in [3.8, 4) is 5.75 Å². The van der Waals surface area contributed by atoms with Crippen LogP contribution >= 0.6 is 0 Å². The summed E-state index contributed by atoms with van der Waals surface area (Å²) in [5.41, 5.74) is 2.10. The molecule has 0 radical (unpaired) electrons. The fraction of sp³-hybridized carbons (Fsp3) is 0.0455. The molecule has 6 heteroatoms. The summed E-state index contributed by atoms with van der Waals surface area (Å²) in [5.74, 6) is -0.327. The molecule has 6 nitrogen and oxygen atoms in total. The van der Waals surface area contributed by atoms with Gasteiger partial charge in [0.05, 0.1) is 11.8 Å². The van der Waals surface area contributed by atoms with Crippen LogP contribution in [0.4, 0.5) is 0 Å². The van der Waals surface area contributed by atoms with Gasteiger partial charge in [-0.05, 0) is 43.3 Å². The Morgan fingerprint density at radius 1 is 1.04 bits per heavy atom. The lowest BCUT2D eigenvalue weighted by Gasteiger charge is -2.07. The summed E-state index contributed by atoms with van der Waals surface area (Å²) >= 11 is 0. The van der Waals surface area contributed by atoms with Crippen molar-refractivity contribution in [1.82, 2.24) is 0 Å². The Morgan fingerprint density at radius 3 is 2.57 bits per heavy atom. The number of esters is 2. The number of hydrogen-bond acceptors (Lipinski definition) is 6. The Bertz CT molecular complexity index is 1090. The van der Waals surface area contributed by atoms with E-state index >= 15 is 0 Å². The minimum absolute atomic E-state index is 0.0882. The van der Waals surface area contributed by atoms with Gasteiger partial charge in [-0.1, -0.05) is 35.9 Å². The summed E-state index contributed by atoms with van der Waals surface area (Å²) in [4.78, 5) is 28.7. The zero-order valence-electron chi connectivity index (χ0n) is 14.9. The number of benzene rings is 2. The van der Waals surface area contributed by atoms with E-state index in [0.29, 0.717) is 22.6 Å². The summed E-state index contributed by atoms with van der Waals surface area (Å²) in [7, 11) is 0. The standard InChI is InChI=1S/C22H15NO5/c1-14-8-10-15(11-9-14)21(24)27-18-6-3-2-5-16(18)13-17-22(25)28-20(23-17)19-7-4-12-26-19/h2-13H,1H3/b17-13+. The smallest absolute Gasteiger partial charge is 0.363 e. The average Bonchev–Trinajstić information content (AvgIpc) is 3.34. The van der Waals surface area contributed by atoms with Crippen LogP contribution in [0.15, 0.2) is 82.0 Å². The second kappa shape index (κ2) is 7.36. The molecule has 1 aromatic heterocycles. The van der Waals surface area contributed by atoms with E-state index < -0.39 is 11.9 Å². The topological polar surface area (TPSA) is 78.1 Å². The summed E-state index contributed by atoms with van der Waals surface area (Å²) in [6, 6.07) is 17.3. The highest BCUT2D eigenvalue weighted by molar-refractivity contribution is 6.12. The maximum Gasteiger partial charge on any atom is 0.363 e. The highest BCUT2D eigenvalue weighted by Crippen LogP contribution is 2.25. The summed E-state index contributed by atoms with van der Waals surface area (Å²) < 4.78 is 15.8. The van der Waals surface area contributed by atoms with E-state index in [9.17, 15) is 9.59 Å². The molecule has 0 saturated carbocycles. The highest BCUT2D eigenvalue weighted by Gasteiger charge is 2.26. The molecule has 0 bridgehead atoms. The van der Waals surface area contributed by atoms with Crippen molar-refractivity contribution >= 4 is 23.9 Å². The van der Waals surface area contributed by atoms with Crippen molar-refractivity contribution < 1.29 is 23.5 Å². The molecule has 0 spiro atoms. The molecular weight excluding hydrogens is 358 g/mol. The fourth-order valence-corrected chi connectivity index (χ4v) is 2.60. The zero-order valence-corrected chi connectivity index (χ0v) is 14.9. The van der Waals surface area contributed by atoms with Gasteiger partial charge < -0.3 is 13.9 Å². The number of carbonyl (C=O) groups excluding carboxylic acids is 2. The van der Waals surface area contributed by atoms with Gasteiger partial charge in [0.25, 0.3) is 5.90 Å². The first-order chi connectivity index (χ1) is 13.6. The molecule has 4 rings (SSSR count). The minimum Gasteiger partial charge on any atom is -0.459 e. The molecule has 1 aliphatic heterocycles. The van der Waals surface area contributed by atoms with E-state index in [1.165, 1.54) is 12.3 Å². The maximum absolute atomic E-state index is 12.4. The summed E-state index contributed by atoms with van der Waals surface area (Å²) in [5, 5.41) is 0. The Balaban J connectivity index is 1.61. The van der Waals surface area contributed by atoms with Gasteiger partial charge >= 0.3 is 11.9 Å². The molecule has 0 atom stereocenters. The average molecular weight is 373 g/mol. The van der Waals surface area contributed by atoms with E-state index in [-0.39, 0.29) is 11.6 Å². The minimum atomic E-state index is -0.605. The van der Waals surface area contributed by atoms with Crippen molar-refractivity contribution in [2.75, 3.05) is 0 Å². The van der Waals surface area contributed by atoms with Crippen molar-refractivity contribution in [2.45, 2.75) is 6.92 Å². The molecule has 0 N–H and O–H groups in total. The highest BCUT2D eigenvalue weighted by atomic mass is 16.6. The van der Waals surface area contributed by atoms with Gasteiger partial charge in [0, 0.05) is 5.56 Å². The van der Waals surface area contributed by atoms with E-state index in [4.69, 9.17) is 13.9 Å². The van der Waals surface area contributed by atoms with Gasteiger partial charge in [-0.15, -0.1) is 0 Å². The van der Waals surface area contributed by atoms with Crippen LogP contribution in [0.2, 0.25) is 0 Å². The maximum atomic E-state index is 12.4. The quantitative estimate of drug-likeness (QED) is 0.390. The SMILES string of the molecule is Cc1ccc(C(=O)Oc2ccccc2/C=C2/N=C(c3ccco3)OC2=O)cc1. The Kier molecular flexibility index (Phi) is 4.60. The van der Waals surface area contributed by atoms with E-state index in [0.717, 1.165) is 5.56 Å². The lowest BCUT2D eigenvalue weighted by Crippen LogP contribution is -2.09. The number of aliphatic imine (C=N–C) groups is 1. The monoisotopic (exact) mass is 373 g/mol. The number of ether oxygens (including phenoxy) is 2. The third kappa shape index (κ3) is 3.61. The van der Waals surface area contributed by atoms with Crippen LogP contribution in [0.25, 0.3) is 6.08 Å². The fourth-order valence-electron chi connectivity index (χ4n) is 2.60. The number of rotatable bonds is 4. The molecule has 28 heavy (non-hydrogen) atoms. The molecule has 2 aromatic carbocycles. The molecule has 138 valence electrons. The number of aryl methyl sites for hydroxylation is 1. The number of nitrogens with zero attached hydrogens (tertiary/aromatic N) is 1. The third-order valence-corrected chi connectivity index (χ3v) is 4.05. The van der Waals surface area contributed by atoms with Gasteiger partial charge in [-0.2, -0.15) is 0 Å². The normalized spacial score (nSPS) is 14.7. The third-order valence-electron chi connectivity index (χ3n) is 4.05. The second-order valence-corrected chi connectivity index (χ2v) is 6.11. The van der Waals surface area contributed by atoms with E-state index in [2.05, 4.69) is 4.99 Å². The predicted octanol–water partition coefficient (Wildman–Crippen LogP) is 4.15. The van der Waals surface area contributed by atoms with Gasteiger partial charge in [0.1, 0.15) is 5.75 Å². The van der Waals surface area contributed by atoms with Crippen molar-refractivity contribution in [3.63, 3.8) is 0 Å². The van der Waals surface area contributed by atoms with Gasteiger partial charge in [0.15, 0.2) is 11.5 Å². The largest absolute Gasteiger partial charge is 0.459 e. The molecule has 0 fully saturated rings. The van der Waals surface area contributed by atoms with Crippen molar-refractivity contribution in [2.24, 2.45) is 4.99 Å². The first kappa shape index (κ1) is 17.5. The van der Waals surface area contributed by atoms with Crippen LogP contribution in [0.3, 0.4) is 0 Å². The number of furan rings is 1. The number of hydrogen-bond donors (Lipinski definition) is 0. The Hall–Kier alpha value is -3.93. The van der Waals surface area contributed by atoms with Crippen molar-refractivity contribution in [3.05, 3.63) is 95.1 Å². The second-order valence-electron chi connectivity index (χ2n) is 6.11. The van der Waals surface area contributed by atoms with Gasteiger partial charge in [0.2, 0.25) is 0 Å². The van der Waals surface area contributed by atoms with E-state index in [1.54, 1.807) is 48.5 Å². The summed E-state index contributed by atoms with van der Waals surface area (Å²) in [6.45, 7) is 1.94. The molecule has 0 amide bonds. The number of cyclic esters (lactones) is 1. The van der Waals surface area contributed by atoms with Gasteiger partial charge in [-0.25, -0.2) is 14.6 Å².